The lowest BCUT2D eigenvalue weighted by atomic mass is 9.80. The van der Waals surface area contributed by atoms with Gasteiger partial charge in [-0.15, -0.1) is 0 Å². The largest absolute Gasteiger partial charge is 0.325 e. The number of carbonyl (C=O) groups excluding carboxylic acids is 1. The predicted molar refractivity (Wildman–Crippen MR) is 56.5 cm³/mol. The molecule has 0 aromatic carbocycles. The highest BCUT2D eigenvalue weighted by Crippen LogP contribution is 2.28. The average Bonchev–Trinajstić information content (AvgIpc) is 2.02. The molecule has 1 fully saturated rings. The molecule has 4 nitrogen and oxygen atoms in total. The van der Waals surface area contributed by atoms with E-state index in [9.17, 15) is 4.79 Å². The lowest BCUT2D eigenvalue weighted by molar-refractivity contribution is -0.126. The molecule has 0 radical (unpaired) electrons. The summed E-state index contributed by atoms with van der Waals surface area (Å²) in [4.78, 5) is 11.5. The Kier molecular flexibility index (Phi) is 3.89. The molecule has 14 heavy (non-hydrogen) atoms. The van der Waals surface area contributed by atoms with E-state index in [0.29, 0.717) is 6.42 Å². The first kappa shape index (κ1) is 11.5. The fraction of sp³-hybridized carbons (Fsp3) is 0.900. The van der Waals surface area contributed by atoms with Crippen molar-refractivity contribution in [2.45, 2.75) is 44.1 Å². The number of hydrogen-bond donors (Lipinski definition) is 2. The van der Waals surface area contributed by atoms with Crippen molar-refractivity contribution in [2.24, 2.45) is 5.73 Å². The van der Waals surface area contributed by atoms with Crippen molar-refractivity contribution in [1.29, 1.82) is 0 Å². The number of amides is 1. The first-order valence-corrected chi connectivity index (χ1v) is 5.28. The molecule has 0 unspecified atom stereocenters. The van der Waals surface area contributed by atoms with Crippen LogP contribution in [-0.4, -0.2) is 30.6 Å². The number of rotatable bonds is 3. The van der Waals surface area contributed by atoms with Crippen molar-refractivity contribution >= 4 is 5.91 Å². The standard InChI is InChI=1S/C10H21N3O/c1-13(2)12-9(14)8-10(11)6-4-3-5-7-10/h3-8,11H2,1-2H3,(H,12,14). The van der Waals surface area contributed by atoms with Crippen LogP contribution in [0, 0.1) is 0 Å². The Morgan fingerprint density at radius 2 is 1.93 bits per heavy atom. The summed E-state index contributed by atoms with van der Waals surface area (Å²) in [5.41, 5.74) is 8.63. The van der Waals surface area contributed by atoms with Crippen LogP contribution in [-0.2, 0) is 4.79 Å². The van der Waals surface area contributed by atoms with Crippen LogP contribution in [0.2, 0.25) is 0 Å². The number of nitrogens with one attached hydrogen (secondary N) is 1. The van der Waals surface area contributed by atoms with Gasteiger partial charge < -0.3 is 5.73 Å². The van der Waals surface area contributed by atoms with Crippen molar-refractivity contribution in [2.75, 3.05) is 14.1 Å². The summed E-state index contributed by atoms with van der Waals surface area (Å²) >= 11 is 0. The summed E-state index contributed by atoms with van der Waals surface area (Å²) < 4.78 is 0. The maximum atomic E-state index is 11.5. The highest BCUT2D eigenvalue weighted by molar-refractivity contribution is 5.76. The van der Waals surface area contributed by atoms with E-state index in [-0.39, 0.29) is 11.4 Å². The maximum Gasteiger partial charge on any atom is 0.236 e. The van der Waals surface area contributed by atoms with Crippen LogP contribution in [0.1, 0.15) is 38.5 Å². The van der Waals surface area contributed by atoms with Gasteiger partial charge in [0.25, 0.3) is 0 Å². The van der Waals surface area contributed by atoms with Gasteiger partial charge in [0.2, 0.25) is 5.91 Å². The number of carbonyl (C=O) groups is 1. The van der Waals surface area contributed by atoms with Gasteiger partial charge in [0.05, 0.1) is 0 Å². The third kappa shape index (κ3) is 3.64. The monoisotopic (exact) mass is 199 g/mol. The lowest BCUT2D eigenvalue weighted by Gasteiger charge is -2.33. The van der Waals surface area contributed by atoms with Gasteiger partial charge in [0.1, 0.15) is 0 Å². The lowest BCUT2D eigenvalue weighted by Crippen LogP contribution is -2.48. The molecule has 1 aliphatic rings. The maximum absolute atomic E-state index is 11.5. The van der Waals surface area contributed by atoms with Gasteiger partial charge in [-0.25, -0.2) is 5.01 Å². The molecule has 3 N–H and O–H groups in total. The molecular weight excluding hydrogens is 178 g/mol. The third-order valence-corrected chi connectivity index (χ3v) is 2.71. The number of nitrogens with two attached hydrogens (primary N) is 1. The Morgan fingerprint density at radius 1 is 1.36 bits per heavy atom. The second-order valence-corrected chi connectivity index (χ2v) is 4.53. The third-order valence-electron chi connectivity index (χ3n) is 2.71. The van der Waals surface area contributed by atoms with Crippen molar-refractivity contribution < 1.29 is 4.79 Å². The first-order valence-electron chi connectivity index (χ1n) is 5.28. The van der Waals surface area contributed by atoms with E-state index in [2.05, 4.69) is 5.43 Å². The Balaban J connectivity index is 2.37. The van der Waals surface area contributed by atoms with Crippen LogP contribution in [0.25, 0.3) is 0 Å². The SMILES string of the molecule is CN(C)NC(=O)CC1(N)CCCCC1. The topological polar surface area (TPSA) is 58.4 Å². The molecule has 0 aromatic heterocycles. The summed E-state index contributed by atoms with van der Waals surface area (Å²) in [6, 6.07) is 0. The molecule has 1 rings (SSSR count). The molecule has 0 aromatic rings. The van der Waals surface area contributed by atoms with Gasteiger partial charge in [0, 0.05) is 26.1 Å². The molecule has 1 amide bonds. The number of hydrazine groups is 1. The molecule has 0 bridgehead atoms. The summed E-state index contributed by atoms with van der Waals surface area (Å²) in [5.74, 6) is 0.0272. The smallest absolute Gasteiger partial charge is 0.236 e. The number of hydrogen-bond acceptors (Lipinski definition) is 3. The molecule has 82 valence electrons. The van der Waals surface area contributed by atoms with Crippen molar-refractivity contribution in [3.05, 3.63) is 0 Å². The molecule has 4 heteroatoms. The Hall–Kier alpha value is -0.610. The average molecular weight is 199 g/mol. The molecule has 0 saturated heterocycles. The highest BCUT2D eigenvalue weighted by atomic mass is 16.2. The minimum atomic E-state index is -0.252. The van der Waals surface area contributed by atoms with Crippen LogP contribution in [0.5, 0.6) is 0 Å². The second kappa shape index (κ2) is 4.75. The minimum absolute atomic E-state index is 0.0272. The molecule has 1 saturated carbocycles. The van der Waals surface area contributed by atoms with E-state index in [1.807, 2.05) is 14.1 Å². The van der Waals surface area contributed by atoms with Crippen molar-refractivity contribution in [3.63, 3.8) is 0 Å². The summed E-state index contributed by atoms with van der Waals surface area (Å²) in [5, 5.41) is 1.66. The highest BCUT2D eigenvalue weighted by Gasteiger charge is 2.29. The van der Waals surface area contributed by atoms with Crippen LogP contribution in [0.15, 0.2) is 0 Å². The molecular formula is C10H21N3O. The van der Waals surface area contributed by atoms with E-state index in [0.717, 1.165) is 25.7 Å². The normalized spacial score (nSPS) is 20.9. The van der Waals surface area contributed by atoms with Gasteiger partial charge in [-0.05, 0) is 12.8 Å². The van der Waals surface area contributed by atoms with Crippen LogP contribution < -0.4 is 11.2 Å². The van der Waals surface area contributed by atoms with Crippen molar-refractivity contribution in [3.8, 4) is 0 Å². The second-order valence-electron chi connectivity index (χ2n) is 4.53. The van der Waals surface area contributed by atoms with E-state index in [4.69, 9.17) is 5.73 Å². The van der Waals surface area contributed by atoms with Gasteiger partial charge in [-0.1, -0.05) is 19.3 Å². The van der Waals surface area contributed by atoms with Crippen LogP contribution in [0.4, 0.5) is 0 Å². The van der Waals surface area contributed by atoms with E-state index in [1.165, 1.54) is 6.42 Å². The molecule has 0 spiro atoms. The Labute approximate surface area is 85.8 Å². The summed E-state index contributed by atoms with van der Waals surface area (Å²) in [6.45, 7) is 0. The van der Waals surface area contributed by atoms with Crippen molar-refractivity contribution in [1.82, 2.24) is 10.4 Å². The summed E-state index contributed by atoms with van der Waals surface area (Å²) in [7, 11) is 3.62. The molecule has 0 atom stereocenters. The zero-order chi connectivity index (χ0) is 10.6. The first-order chi connectivity index (χ1) is 6.52. The van der Waals surface area contributed by atoms with E-state index >= 15 is 0 Å². The molecule has 0 aliphatic heterocycles. The fourth-order valence-corrected chi connectivity index (χ4v) is 2.04. The van der Waals surface area contributed by atoms with Gasteiger partial charge in [0.15, 0.2) is 0 Å². The molecule has 1 aliphatic carbocycles. The Bertz CT molecular complexity index is 198. The van der Waals surface area contributed by atoms with Gasteiger partial charge >= 0.3 is 0 Å². The zero-order valence-electron chi connectivity index (χ0n) is 9.18. The number of nitrogens with zero attached hydrogens (tertiary/aromatic N) is 1. The van der Waals surface area contributed by atoms with E-state index in [1.54, 1.807) is 5.01 Å². The predicted octanol–water partition coefficient (Wildman–Crippen LogP) is 0.631. The van der Waals surface area contributed by atoms with Gasteiger partial charge in [-0.2, -0.15) is 0 Å². The quantitative estimate of drug-likeness (QED) is 0.655. The molecule has 0 heterocycles. The summed E-state index contributed by atoms with van der Waals surface area (Å²) in [6.07, 6.45) is 5.98. The Morgan fingerprint density at radius 3 is 2.43 bits per heavy atom. The zero-order valence-corrected chi connectivity index (χ0v) is 9.18. The van der Waals surface area contributed by atoms with Crippen LogP contribution >= 0.6 is 0 Å². The fourth-order valence-electron chi connectivity index (χ4n) is 2.04. The van der Waals surface area contributed by atoms with Crippen LogP contribution in [0.3, 0.4) is 0 Å². The minimum Gasteiger partial charge on any atom is -0.325 e. The van der Waals surface area contributed by atoms with Gasteiger partial charge in [-0.3, -0.25) is 10.2 Å². The van der Waals surface area contributed by atoms with E-state index < -0.39 is 0 Å².